The van der Waals surface area contributed by atoms with E-state index in [-0.39, 0.29) is 11.9 Å². The fourth-order valence-corrected chi connectivity index (χ4v) is 4.66. The van der Waals surface area contributed by atoms with E-state index < -0.39 is 0 Å². The van der Waals surface area contributed by atoms with Gasteiger partial charge in [0.05, 0.1) is 12.5 Å². The maximum Gasteiger partial charge on any atom is 0.224 e. The zero-order valence-corrected chi connectivity index (χ0v) is 17.1. The molecule has 1 amide bonds. The van der Waals surface area contributed by atoms with Gasteiger partial charge < -0.3 is 10.2 Å². The average molecular weight is 394 g/mol. The number of nitrogens with one attached hydrogen (secondary N) is 1. The molecule has 1 atom stereocenters. The van der Waals surface area contributed by atoms with Gasteiger partial charge in [0.25, 0.3) is 0 Å². The van der Waals surface area contributed by atoms with Gasteiger partial charge in [-0.25, -0.2) is 0 Å². The van der Waals surface area contributed by atoms with Gasteiger partial charge in [-0.3, -0.25) is 9.69 Å². The van der Waals surface area contributed by atoms with Crippen molar-refractivity contribution in [3.63, 3.8) is 0 Å². The van der Waals surface area contributed by atoms with Crippen LogP contribution in [0, 0.1) is 0 Å². The number of fused-ring (bicyclic) bond motifs is 1. The summed E-state index contributed by atoms with van der Waals surface area (Å²) in [6, 6.07) is 16.9. The minimum absolute atomic E-state index is 0.0886. The molecule has 1 N–H and O–H groups in total. The molecule has 0 aliphatic carbocycles. The van der Waals surface area contributed by atoms with Crippen LogP contribution in [-0.2, 0) is 11.2 Å². The number of carbonyl (C=O) groups excluding carboxylic acids is 1. The molecule has 1 saturated heterocycles. The lowest BCUT2D eigenvalue weighted by Crippen LogP contribution is -2.48. The van der Waals surface area contributed by atoms with Gasteiger partial charge in [-0.1, -0.05) is 42.5 Å². The largest absolute Gasteiger partial charge is 0.354 e. The summed E-state index contributed by atoms with van der Waals surface area (Å²) in [6.07, 6.45) is 0.417. The van der Waals surface area contributed by atoms with E-state index in [4.69, 9.17) is 0 Å². The monoisotopic (exact) mass is 393 g/mol. The van der Waals surface area contributed by atoms with Crippen LogP contribution in [0.4, 0.5) is 0 Å². The summed E-state index contributed by atoms with van der Waals surface area (Å²) >= 11 is 1.72. The Labute approximate surface area is 170 Å². The topological polar surface area (TPSA) is 35.6 Å². The first-order valence-electron chi connectivity index (χ1n) is 9.89. The number of hydrogen-bond donors (Lipinski definition) is 1. The van der Waals surface area contributed by atoms with E-state index in [1.54, 1.807) is 11.3 Å². The van der Waals surface area contributed by atoms with Crippen molar-refractivity contribution in [2.24, 2.45) is 0 Å². The molecule has 28 heavy (non-hydrogen) atoms. The number of carbonyl (C=O) groups is 1. The predicted molar refractivity (Wildman–Crippen MR) is 117 cm³/mol. The average Bonchev–Trinajstić information content (AvgIpc) is 3.24. The van der Waals surface area contributed by atoms with Crippen molar-refractivity contribution in [3.05, 3.63) is 70.4 Å². The lowest BCUT2D eigenvalue weighted by Gasteiger charge is -2.38. The molecule has 146 valence electrons. The zero-order chi connectivity index (χ0) is 19.3. The molecule has 4 nitrogen and oxygen atoms in total. The summed E-state index contributed by atoms with van der Waals surface area (Å²) in [7, 11) is 2.17. The van der Waals surface area contributed by atoms with Gasteiger partial charge in [-0.05, 0) is 45.8 Å². The summed E-state index contributed by atoms with van der Waals surface area (Å²) in [5.41, 5.74) is 2.39. The van der Waals surface area contributed by atoms with E-state index in [2.05, 4.69) is 63.3 Å². The number of likely N-dealkylation sites (N-methyl/N-ethyl adjacent to an activating group) is 1. The normalized spacial score (nSPS) is 16.9. The maximum absolute atomic E-state index is 12.7. The Hall–Kier alpha value is -2.21. The minimum atomic E-state index is 0.0886. The highest BCUT2D eigenvalue weighted by Crippen LogP contribution is 2.24. The predicted octanol–water partition coefficient (Wildman–Crippen LogP) is 3.55. The number of rotatable bonds is 6. The van der Waals surface area contributed by atoms with Crippen LogP contribution >= 0.6 is 11.3 Å². The SMILES string of the molecule is CN1CCN([C@@H](CNC(=O)Cc2cccc3ccccc23)c2ccsc2)CC1. The number of nitrogens with zero attached hydrogens (tertiary/aromatic N) is 2. The number of amides is 1. The Kier molecular flexibility index (Phi) is 6.05. The second kappa shape index (κ2) is 8.86. The molecule has 1 fully saturated rings. The van der Waals surface area contributed by atoms with Crippen LogP contribution in [0.2, 0.25) is 0 Å². The van der Waals surface area contributed by atoms with Crippen molar-refractivity contribution in [2.75, 3.05) is 39.8 Å². The third kappa shape index (κ3) is 4.43. The highest BCUT2D eigenvalue weighted by Gasteiger charge is 2.24. The zero-order valence-electron chi connectivity index (χ0n) is 16.3. The van der Waals surface area contributed by atoms with Gasteiger partial charge in [0.15, 0.2) is 0 Å². The standard InChI is InChI=1S/C23H27N3OS/c1-25-10-12-26(13-11-25)22(20-9-14-28-17-20)16-24-23(27)15-19-7-4-6-18-5-2-3-8-21(18)19/h2-9,14,17,22H,10-13,15-16H2,1H3,(H,24,27)/t22-/m0/s1. The first kappa shape index (κ1) is 19.1. The molecule has 1 aromatic heterocycles. The van der Waals surface area contributed by atoms with Crippen LogP contribution in [0.3, 0.4) is 0 Å². The van der Waals surface area contributed by atoms with Crippen LogP contribution < -0.4 is 5.32 Å². The smallest absolute Gasteiger partial charge is 0.224 e. The highest BCUT2D eigenvalue weighted by atomic mass is 32.1. The minimum Gasteiger partial charge on any atom is -0.354 e. The van der Waals surface area contributed by atoms with Crippen molar-refractivity contribution in [1.82, 2.24) is 15.1 Å². The molecule has 4 rings (SSSR count). The van der Waals surface area contributed by atoms with Crippen LogP contribution in [-0.4, -0.2) is 55.5 Å². The highest BCUT2D eigenvalue weighted by molar-refractivity contribution is 7.07. The number of hydrogen-bond acceptors (Lipinski definition) is 4. The molecule has 0 bridgehead atoms. The van der Waals surface area contributed by atoms with Crippen LogP contribution in [0.25, 0.3) is 10.8 Å². The molecule has 1 aliphatic rings. The van der Waals surface area contributed by atoms with Crippen molar-refractivity contribution in [1.29, 1.82) is 0 Å². The van der Waals surface area contributed by atoms with Gasteiger partial charge in [0.2, 0.25) is 5.91 Å². The quantitative estimate of drug-likeness (QED) is 0.696. The third-order valence-corrected chi connectivity index (χ3v) is 6.33. The Morgan fingerprint density at radius 1 is 1.07 bits per heavy atom. The van der Waals surface area contributed by atoms with Crippen molar-refractivity contribution in [2.45, 2.75) is 12.5 Å². The number of piperazine rings is 1. The molecule has 0 radical (unpaired) electrons. The first-order chi connectivity index (χ1) is 13.7. The molecule has 5 heteroatoms. The molecule has 0 spiro atoms. The lowest BCUT2D eigenvalue weighted by atomic mass is 10.0. The van der Waals surface area contributed by atoms with E-state index in [1.165, 1.54) is 10.9 Å². The molecule has 2 heterocycles. The fraction of sp³-hybridized carbons (Fsp3) is 0.348. The summed E-state index contributed by atoms with van der Waals surface area (Å²) in [6.45, 7) is 4.88. The molecule has 0 saturated carbocycles. The summed E-state index contributed by atoms with van der Waals surface area (Å²) in [4.78, 5) is 17.6. The van der Waals surface area contributed by atoms with Crippen molar-refractivity contribution < 1.29 is 4.79 Å². The summed E-state index contributed by atoms with van der Waals surface area (Å²) in [5, 5.41) is 9.88. The lowest BCUT2D eigenvalue weighted by molar-refractivity contribution is -0.120. The summed E-state index contributed by atoms with van der Waals surface area (Å²) in [5.74, 6) is 0.0886. The van der Waals surface area contributed by atoms with Gasteiger partial charge >= 0.3 is 0 Å². The molecular formula is C23H27N3OS. The molecular weight excluding hydrogens is 366 g/mol. The van der Waals surface area contributed by atoms with Crippen molar-refractivity contribution in [3.8, 4) is 0 Å². The second-order valence-corrected chi connectivity index (χ2v) is 8.31. The first-order valence-corrected chi connectivity index (χ1v) is 10.8. The Balaban J connectivity index is 1.42. The third-order valence-electron chi connectivity index (χ3n) is 5.63. The van der Waals surface area contributed by atoms with Crippen LogP contribution in [0.15, 0.2) is 59.3 Å². The van der Waals surface area contributed by atoms with Gasteiger partial charge in [0.1, 0.15) is 0 Å². The number of thiophene rings is 1. The summed E-state index contributed by atoms with van der Waals surface area (Å²) < 4.78 is 0. The fourth-order valence-electron chi connectivity index (χ4n) is 3.95. The van der Waals surface area contributed by atoms with Gasteiger partial charge in [-0.2, -0.15) is 11.3 Å². The van der Waals surface area contributed by atoms with Crippen molar-refractivity contribution >= 4 is 28.0 Å². The maximum atomic E-state index is 12.7. The van der Waals surface area contributed by atoms with Gasteiger partial charge in [0, 0.05) is 32.7 Å². The van der Waals surface area contributed by atoms with E-state index in [9.17, 15) is 4.79 Å². The van der Waals surface area contributed by atoms with Gasteiger partial charge in [-0.15, -0.1) is 0 Å². The Morgan fingerprint density at radius 3 is 2.64 bits per heavy atom. The number of benzene rings is 2. The van der Waals surface area contributed by atoms with Crippen LogP contribution in [0.5, 0.6) is 0 Å². The molecule has 0 unspecified atom stereocenters. The van der Waals surface area contributed by atoms with E-state index in [0.29, 0.717) is 13.0 Å². The Bertz CT molecular complexity index is 911. The van der Waals surface area contributed by atoms with E-state index in [1.807, 2.05) is 18.2 Å². The second-order valence-electron chi connectivity index (χ2n) is 7.53. The Morgan fingerprint density at radius 2 is 1.86 bits per heavy atom. The van der Waals surface area contributed by atoms with E-state index in [0.717, 1.165) is 37.1 Å². The van der Waals surface area contributed by atoms with Crippen LogP contribution in [0.1, 0.15) is 17.2 Å². The molecule has 1 aliphatic heterocycles. The molecule has 3 aromatic rings. The molecule has 2 aromatic carbocycles. The van der Waals surface area contributed by atoms with E-state index >= 15 is 0 Å².